The van der Waals surface area contributed by atoms with E-state index in [1.54, 1.807) is 16.8 Å². The van der Waals surface area contributed by atoms with Crippen molar-refractivity contribution in [1.82, 2.24) is 15.1 Å². The molecule has 0 radical (unpaired) electrons. The number of aromatic nitrogens is 2. The highest BCUT2D eigenvalue weighted by atomic mass is 19.1. The van der Waals surface area contributed by atoms with Crippen molar-refractivity contribution < 1.29 is 9.50 Å². The molecule has 1 heterocycles. The molecular formula is C19H24FN3O. The molecule has 3 atom stereocenters. The molecule has 2 saturated carbocycles. The van der Waals surface area contributed by atoms with Crippen LogP contribution in [0.15, 0.2) is 36.7 Å². The molecule has 4 nitrogen and oxygen atoms in total. The molecular weight excluding hydrogens is 305 g/mol. The van der Waals surface area contributed by atoms with Gasteiger partial charge in [-0.2, -0.15) is 5.10 Å². The predicted molar refractivity (Wildman–Crippen MR) is 90.2 cm³/mol. The average molecular weight is 329 g/mol. The van der Waals surface area contributed by atoms with Gasteiger partial charge in [0.1, 0.15) is 5.82 Å². The molecule has 1 aromatic heterocycles. The molecule has 0 saturated heterocycles. The molecule has 2 bridgehead atoms. The Morgan fingerprint density at radius 2 is 2.12 bits per heavy atom. The molecule has 24 heavy (non-hydrogen) atoms. The highest BCUT2D eigenvalue weighted by Crippen LogP contribution is 2.51. The van der Waals surface area contributed by atoms with E-state index >= 15 is 0 Å². The number of hydrogen-bond donors (Lipinski definition) is 2. The Kier molecular flexibility index (Phi) is 4.14. The first-order chi connectivity index (χ1) is 11.6. The molecule has 0 spiro atoms. The fourth-order valence-corrected chi connectivity index (χ4v) is 4.45. The topological polar surface area (TPSA) is 50.1 Å². The maximum atomic E-state index is 13.0. The second kappa shape index (κ2) is 6.30. The van der Waals surface area contributed by atoms with E-state index in [4.69, 9.17) is 0 Å². The molecule has 2 N–H and O–H groups in total. The Bertz CT molecular complexity index is 699. The molecule has 2 aliphatic rings. The van der Waals surface area contributed by atoms with E-state index in [0.29, 0.717) is 5.92 Å². The van der Waals surface area contributed by atoms with Crippen LogP contribution in [0, 0.1) is 17.7 Å². The number of halogens is 1. The van der Waals surface area contributed by atoms with Gasteiger partial charge < -0.3 is 10.4 Å². The number of rotatable bonds is 6. The summed E-state index contributed by atoms with van der Waals surface area (Å²) >= 11 is 0. The first-order valence-corrected chi connectivity index (χ1v) is 8.85. The predicted octanol–water partition coefficient (Wildman–Crippen LogP) is 3.04. The monoisotopic (exact) mass is 329 g/mol. The highest BCUT2D eigenvalue weighted by Gasteiger charge is 2.49. The highest BCUT2D eigenvalue weighted by molar-refractivity contribution is 5.31. The zero-order valence-electron chi connectivity index (χ0n) is 13.8. The van der Waals surface area contributed by atoms with Crippen molar-refractivity contribution >= 4 is 0 Å². The summed E-state index contributed by atoms with van der Waals surface area (Å²) in [6.45, 7) is 1.55. The van der Waals surface area contributed by atoms with E-state index in [1.165, 1.54) is 31.4 Å². The van der Waals surface area contributed by atoms with Crippen molar-refractivity contribution in [3.63, 3.8) is 0 Å². The average Bonchev–Trinajstić information content (AvgIpc) is 3.28. The van der Waals surface area contributed by atoms with Crippen molar-refractivity contribution in [2.45, 2.75) is 44.2 Å². The van der Waals surface area contributed by atoms with E-state index in [1.807, 2.05) is 12.4 Å². The Morgan fingerprint density at radius 3 is 2.83 bits per heavy atom. The first kappa shape index (κ1) is 15.8. The summed E-state index contributed by atoms with van der Waals surface area (Å²) in [7, 11) is 0. The number of aliphatic hydroxyl groups is 1. The van der Waals surface area contributed by atoms with Gasteiger partial charge in [-0.05, 0) is 74.8 Å². The van der Waals surface area contributed by atoms with Crippen LogP contribution in [0.4, 0.5) is 4.39 Å². The molecule has 0 aliphatic heterocycles. The summed E-state index contributed by atoms with van der Waals surface area (Å²) in [5.74, 6) is 1.03. The lowest BCUT2D eigenvalue weighted by Gasteiger charge is -2.32. The van der Waals surface area contributed by atoms with Crippen LogP contribution in [-0.4, -0.2) is 27.0 Å². The third-order valence-electron chi connectivity index (χ3n) is 5.73. The minimum absolute atomic E-state index is 0.244. The molecule has 2 fully saturated rings. The SMILES string of the molecule is OC1(CCNCc2cnn(-c3ccc(F)cc3)c2)CC2CCC1C2. The van der Waals surface area contributed by atoms with Crippen molar-refractivity contribution in [3.8, 4) is 5.69 Å². The zero-order valence-corrected chi connectivity index (χ0v) is 13.8. The van der Waals surface area contributed by atoms with E-state index in [9.17, 15) is 9.50 Å². The standard InChI is InChI=1S/C19H24FN3O/c20-17-3-5-18(6-4-17)23-13-15(12-22-23)11-21-8-7-19(24)10-14-1-2-16(19)9-14/h3-6,12-14,16,21,24H,1-2,7-11H2. The number of fused-ring (bicyclic) bond motifs is 2. The van der Waals surface area contributed by atoms with Crippen molar-refractivity contribution in [3.05, 3.63) is 48.0 Å². The fraction of sp³-hybridized carbons (Fsp3) is 0.526. The minimum Gasteiger partial charge on any atom is -0.390 e. The van der Waals surface area contributed by atoms with Crippen LogP contribution < -0.4 is 5.32 Å². The van der Waals surface area contributed by atoms with Gasteiger partial charge in [0, 0.05) is 18.3 Å². The summed E-state index contributed by atoms with van der Waals surface area (Å²) in [4.78, 5) is 0. The van der Waals surface area contributed by atoms with Gasteiger partial charge in [0.25, 0.3) is 0 Å². The van der Waals surface area contributed by atoms with Gasteiger partial charge in [0.05, 0.1) is 17.5 Å². The summed E-state index contributed by atoms with van der Waals surface area (Å²) in [6.07, 6.45) is 9.33. The molecule has 2 aromatic rings. The van der Waals surface area contributed by atoms with Gasteiger partial charge in [-0.3, -0.25) is 0 Å². The van der Waals surface area contributed by atoms with Crippen LogP contribution in [0.5, 0.6) is 0 Å². The molecule has 5 heteroatoms. The lowest BCUT2D eigenvalue weighted by atomic mass is 9.82. The van der Waals surface area contributed by atoms with Crippen LogP contribution in [0.1, 0.15) is 37.7 Å². The molecule has 0 amide bonds. The second-order valence-corrected chi connectivity index (χ2v) is 7.38. The largest absolute Gasteiger partial charge is 0.390 e. The quantitative estimate of drug-likeness (QED) is 0.801. The molecule has 128 valence electrons. The van der Waals surface area contributed by atoms with Gasteiger partial charge in [-0.25, -0.2) is 9.07 Å². The van der Waals surface area contributed by atoms with Gasteiger partial charge in [0.2, 0.25) is 0 Å². The van der Waals surface area contributed by atoms with E-state index in [0.717, 1.165) is 43.1 Å². The Morgan fingerprint density at radius 1 is 1.29 bits per heavy atom. The maximum Gasteiger partial charge on any atom is 0.123 e. The zero-order chi connectivity index (χ0) is 16.6. The van der Waals surface area contributed by atoms with Crippen LogP contribution in [0.25, 0.3) is 5.69 Å². The van der Waals surface area contributed by atoms with Crippen LogP contribution >= 0.6 is 0 Å². The Labute approximate surface area is 141 Å². The molecule has 1 aromatic carbocycles. The summed E-state index contributed by atoms with van der Waals surface area (Å²) in [5.41, 5.74) is 1.49. The maximum absolute atomic E-state index is 13.0. The third-order valence-corrected chi connectivity index (χ3v) is 5.73. The summed E-state index contributed by atoms with van der Waals surface area (Å²) in [5, 5.41) is 18.5. The number of benzene rings is 1. The number of nitrogens with zero attached hydrogens (tertiary/aromatic N) is 2. The number of hydrogen-bond acceptors (Lipinski definition) is 3. The van der Waals surface area contributed by atoms with Gasteiger partial charge in [0.15, 0.2) is 0 Å². The van der Waals surface area contributed by atoms with Crippen LogP contribution in [-0.2, 0) is 6.54 Å². The lowest BCUT2D eigenvalue weighted by molar-refractivity contribution is -0.0200. The Hall–Kier alpha value is -1.72. The van der Waals surface area contributed by atoms with Crippen molar-refractivity contribution in [1.29, 1.82) is 0 Å². The van der Waals surface area contributed by atoms with E-state index in [-0.39, 0.29) is 5.82 Å². The summed E-state index contributed by atoms with van der Waals surface area (Å²) in [6, 6.07) is 6.30. The Balaban J connectivity index is 1.27. The van der Waals surface area contributed by atoms with Gasteiger partial charge in [-0.1, -0.05) is 0 Å². The second-order valence-electron chi connectivity index (χ2n) is 7.38. The van der Waals surface area contributed by atoms with Crippen molar-refractivity contribution in [2.24, 2.45) is 11.8 Å². The van der Waals surface area contributed by atoms with Crippen molar-refractivity contribution in [2.75, 3.05) is 6.54 Å². The van der Waals surface area contributed by atoms with Gasteiger partial charge in [-0.15, -0.1) is 0 Å². The summed E-state index contributed by atoms with van der Waals surface area (Å²) < 4.78 is 14.7. The third kappa shape index (κ3) is 3.10. The molecule has 2 aliphatic carbocycles. The lowest BCUT2D eigenvalue weighted by Crippen LogP contribution is -2.38. The van der Waals surface area contributed by atoms with E-state index < -0.39 is 5.60 Å². The van der Waals surface area contributed by atoms with Crippen LogP contribution in [0.3, 0.4) is 0 Å². The number of nitrogens with one attached hydrogen (secondary N) is 1. The first-order valence-electron chi connectivity index (χ1n) is 8.85. The molecule has 3 unspecified atom stereocenters. The minimum atomic E-state index is -0.436. The molecule has 4 rings (SSSR count). The normalized spacial score (nSPS) is 28.6. The smallest absolute Gasteiger partial charge is 0.123 e. The fourth-order valence-electron chi connectivity index (χ4n) is 4.45. The van der Waals surface area contributed by atoms with Gasteiger partial charge >= 0.3 is 0 Å². The van der Waals surface area contributed by atoms with E-state index in [2.05, 4.69) is 10.4 Å². The van der Waals surface area contributed by atoms with Crippen LogP contribution in [0.2, 0.25) is 0 Å².